The van der Waals surface area contributed by atoms with Crippen LogP contribution in [0.25, 0.3) is 0 Å². The number of aliphatic imine (C=N–C) groups is 2. The number of nitrogens with zero attached hydrogens (tertiary/aromatic N) is 2. The van der Waals surface area contributed by atoms with E-state index in [0.29, 0.717) is 5.84 Å². The van der Waals surface area contributed by atoms with E-state index in [9.17, 15) is 4.79 Å². The summed E-state index contributed by atoms with van der Waals surface area (Å²) in [4.78, 5) is 18.1. The van der Waals surface area contributed by atoms with Gasteiger partial charge >= 0.3 is 6.03 Å². The van der Waals surface area contributed by atoms with Crippen LogP contribution in [0.1, 0.15) is 13.3 Å². The van der Waals surface area contributed by atoms with E-state index in [-0.39, 0.29) is 6.54 Å². The van der Waals surface area contributed by atoms with Crippen LogP contribution < -0.4 is 11.1 Å². The maximum Gasteiger partial charge on any atom is 0.312 e. The number of hydrogen-bond acceptors (Lipinski definition) is 2. The van der Waals surface area contributed by atoms with Gasteiger partial charge in [-0.1, -0.05) is 6.92 Å². The minimum Gasteiger partial charge on any atom is -0.352 e. The molecule has 3 N–H and O–H groups in total. The van der Waals surface area contributed by atoms with Crippen LogP contribution in [0.5, 0.6) is 0 Å². The zero-order chi connectivity index (χ0) is 9.40. The lowest BCUT2D eigenvalue weighted by Gasteiger charge is -1.99. The molecular weight excluding hydrogens is 156 g/mol. The van der Waals surface area contributed by atoms with Crippen LogP contribution in [-0.4, -0.2) is 31.7 Å². The molecule has 0 atom stereocenters. The minimum absolute atomic E-state index is 0.280. The SMILES string of the molecule is CCC=NC(CNC(N)=O)=NC. The first kappa shape index (κ1) is 10.6. The van der Waals surface area contributed by atoms with Gasteiger partial charge in [0.1, 0.15) is 5.84 Å². The van der Waals surface area contributed by atoms with Gasteiger partial charge in [-0.25, -0.2) is 9.79 Å². The van der Waals surface area contributed by atoms with Gasteiger partial charge in [0.25, 0.3) is 0 Å². The Morgan fingerprint density at radius 2 is 2.33 bits per heavy atom. The molecule has 0 aromatic carbocycles. The summed E-state index contributed by atoms with van der Waals surface area (Å²) in [5.74, 6) is 0.565. The van der Waals surface area contributed by atoms with E-state index in [1.54, 1.807) is 13.3 Å². The van der Waals surface area contributed by atoms with Crippen molar-refractivity contribution in [1.29, 1.82) is 0 Å². The molecule has 5 heteroatoms. The highest BCUT2D eigenvalue weighted by molar-refractivity contribution is 5.92. The average Bonchev–Trinajstić information content (AvgIpc) is 2.05. The molecule has 12 heavy (non-hydrogen) atoms. The van der Waals surface area contributed by atoms with Crippen LogP contribution in [0.15, 0.2) is 9.98 Å². The molecule has 0 spiro atoms. The fourth-order valence-corrected chi connectivity index (χ4v) is 0.545. The Labute approximate surface area is 71.8 Å². The summed E-state index contributed by atoms with van der Waals surface area (Å²) in [5.41, 5.74) is 4.87. The molecular formula is C7H14N4O. The summed E-state index contributed by atoms with van der Waals surface area (Å²) < 4.78 is 0. The summed E-state index contributed by atoms with van der Waals surface area (Å²) in [7, 11) is 1.62. The van der Waals surface area contributed by atoms with Crippen LogP contribution in [0, 0.1) is 0 Å². The third-order valence-corrected chi connectivity index (χ3v) is 1.10. The minimum atomic E-state index is -0.567. The van der Waals surface area contributed by atoms with Crippen LogP contribution in [0.4, 0.5) is 4.79 Å². The van der Waals surface area contributed by atoms with Crippen molar-refractivity contribution in [3.05, 3.63) is 0 Å². The number of amides is 2. The third kappa shape index (κ3) is 5.40. The molecule has 0 saturated carbocycles. The number of primary amides is 1. The molecule has 0 aliphatic heterocycles. The first-order chi connectivity index (χ1) is 5.70. The van der Waals surface area contributed by atoms with Crippen molar-refractivity contribution >= 4 is 18.1 Å². The Morgan fingerprint density at radius 1 is 1.67 bits per heavy atom. The molecule has 2 amide bonds. The number of urea groups is 1. The molecule has 0 aliphatic rings. The van der Waals surface area contributed by atoms with Crippen LogP contribution in [0.3, 0.4) is 0 Å². The van der Waals surface area contributed by atoms with Gasteiger partial charge in [0.15, 0.2) is 0 Å². The van der Waals surface area contributed by atoms with Gasteiger partial charge in [-0.15, -0.1) is 0 Å². The zero-order valence-corrected chi connectivity index (χ0v) is 7.37. The van der Waals surface area contributed by atoms with Gasteiger partial charge in [-0.2, -0.15) is 0 Å². The van der Waals surface area contributed by atoms with Crippen molar-refractivity contribution in [2.45, 2.75) is 13.3 Å². The maximum absolute atomic E-state index is 10.3. The second kappa shape index (κ2) is 6.33. The fraction of sp³-hybridized carbons (Fsp3) is 0.571. The van der Waals surface area contributed by atoms with E-state index in [0.717, 1.165) is 6.42 Å². The molecule has 68 valence electrons. The second-order valence-electron chi connectivity index (χ2n) is 2.08. The highest BCUT2D eigenvalue weighted by atomic mass is 16.2. The van der Waals surface area contributed by atoms with Crippen LogP contribution >= 0.6 is 0 Å². The number of rotatable bonds is 3. The van der Waals surface area contributed by atoms with E-state index in [4.69, 9.17) is 5.73 Å². The van der Waals surface area contributed by atoms with Gasteiger partial charge in [0.05, 0.1) is 6.54 Å². The lowest BCUT2D eigenvalue weighted by atomic mass is 10.5. The summed E-state index contributed by atoms with van der Waals surface area (Å²) in [6.45, 7) is 2.25. The first-order valence-corrected chi connectivity index (χ1v) is 3.72. The number of carbonyl (C=O) groups excluding carboxylic acids is 1. The van der Waals surface area contributed by atoms with E-state index in [2.05, 4.69) is 15.3 Å². The van der Waals surface area contributed by atoms with Crippen molar-refractivity contribution in [2.75, 3.05) is 13.6 Å². The van der Waals surface area contributed by atoms with Crippen molar-refractivity contribution < 1.29 is 4.79 Å². The summed E-state index contributed by atoms with van der Waals surface area (Å²) >= 11 is 0. The summed E-state index contributed by atoms with van der Waals surface area (Å²) in [5, 5.41) is 2.40. The average molecular weight is 170 g/mol. The Bertz CT molecular complexity index is 198. The fourth-order valence-electron chi connectivity index (χ4n) is 0.545. The van der Waals surface area contributed by atoms with E-state index in [1.165, 1.54) is 0 Å². The van der Waals surface area contributed by atoms with Crippen molar-refractivity contribution in [3.63, 3.8) is 0 Å². The van der Waals surface area contributed by atoms with Crippen molar-refractivity contribution in [1.82, 2.24) is 5.32 Å². The normalized spacial score (nSPS) is 12.0. The van der Waals surface area contributed by atoms with Gasteiger partial charge < -0.3 is 11.1 Å². The topological polar surface area (TPSA) is 79.8 Å². The number of amidine groups is 1. The molecule has 0 saturated heterocycles. The van der Waals surface area contributed by atoms with Crippen LogP contribution in [-0.2, 0) is 0 Å². The predicted molar refractivity (Wildman–Crippen MR) is 49.7 cm³/mol. The predicted octanol–water partition coefficient (Wildman–Crippen LogP) is 0.164. The van der Waals surface area contributed by atoms with Gasteiger partial charge in [0.2, 0.25) is 0 Å². The Morgan fingerprint density at radius 3 is 2.75 bits per heavy atom. The van der Waals surface area contributed by atoms with E-state index in [1.807, 2.05) is 6.92 Å². The molecule has 0 aromatic rings. The highest BCUT2D eigenvalue weighted by Crippen LogP contribution is 1.78. The number of carbonyl (C=O) groups is 1. The smallest absolute Gasteiger partial charge is 0.312 e. The zero-order valence-electron chi connectivity index (χ0n) is 7.37. The molecule has 0 heterocycles. The van der Waals surface area contributed by atoms with E-state index >= 15 is 0 Å². The third-order valence-electron chi connectivity index (χ3n) is 1.10. The van der Waals surface area contributed by atoms with Crippen molar-refractivity contribution in [3.8, 4) is 0 Å². The lowest BCUT2D eigenvalue weighted by Crippen LogP contribution is -2.33. The Hall–Kier alpha value is -1.39. The van der Waals surface area contributed by atoms with Gasteiger partial charge in [-0.05, 0) is 6.42 Å². The largest absolute Gasteiger partial charge is 0.352 e. The quantitative estimate of drug-likeness (QED) is 0.459. The standard InChI is InChI=1S/C7H14N4O/c1-3-4-10-6(9-2)5-11-7(8)12/h4H,3,5H2,1-2H3,(H3,8,11,12). The molecule has 0 aromatic heterocycles. The van der Waals surface area contributed by atoms with Crippen LogP contribution in [0.2, 0.25) is 0 Å². The van der Waals surface area contributed by atoms with Gasteiger partial charge in [0, 0.05) is 13.3 Å². The molecule has 0 rings (SSSR count). The second-order valence-corrected chi connectivity index (χ2v) is 2.08. The highest BCUT2D eigenvalue weighted by Gasteiger charge is 1.95. The molecule has 0 bridgehead atoms. The molecule has 0 aliphatic carbocycles. The lowest BCUT2D eigenvalue weighted by molar-refractivity contribution is 0.250. The summed E-state index contributed by atoms with van der Waals surface area (Å²) in [6.07, 6.45) is 2.57. The monoisotopic (exact) mass is 170 g/mol. The molecule has 0 radical (unpaired) electrons. The molecule has 0 fully saturated rings. The van der Waals surface area contributed by atoms with Gasteiger partial charge in [-0.3, -0.25) is 4.99 Å². The number of hydrogen-bond donors (Lipinski definition) is 2. The number of nitrogens with one attached hydrogen (secondary N) is 1. The Balaban J connectivity index is 3.85. The maximum atomic E-state index is 10.3. The van der Waals surface area contributed by atoms with E-state index < -0.39 is 6.03 Å². The molecule has 5 nitrogen and oxygen atoms in total. The first-order valence-electron chi connectivity index (χ1n) is 3.72. The number of nitrogens with two attached hydrogens (primary N) is 1. The summed E-state index contributed by atoms with van der Waals surface area (Å²) in [6, 6.07) is -0.567. The van der Waals surface area contributed by atoms with Crippen molar-refractivity contribution in [2.24, 2.45) is 15.7 Å². The Kier molecular flexibility index (Phi) is 5.60. The molecule has 0 unspecified atom stereocenters.